The van der Waals surface area contributed by atoms with E-state index in [0.29, 0.717) is 18.1 Å². The van der Waals surface area contributed by atoms with Crippen molar-refractivity contribution in [2.75, 3.05) is 13.1 Å². The number of aromatic nitrogens is 2. The molecule has 10 heteroatoms. The quantitative estimate of drug-likeness (QED) is 0.628. The molecule has 0 aliphatic carbocycles. The zero-order chi connectivity index (χ0) is 21.1. The zero-order valence-corrected chi connectivity index (χ0v) is 17.5. The lowest BCUT2D eigenvalue weighted by atomic mass is 10.2. The fourth-order valence-corrected chi connectivity index (χ4v) is 5.57. The topological polar surface area (TPSA) is 92.3 Å². The molecule has 1 aliphatic rings. The molecule has 4 rings (SSSR count). The van der Waals surface area contributed by atoms with Gasteiger partial charge in [0.25, 0.3) is 5.91 Å². The Hall–Kier alpha value is -2.69. The molecular weight excluding hydrogens is 427 g/mol. The van der Waals surface area contributed by atoms with Gasteiger partial charge in [0.05, 0.1) is 12.2 Å². The van der Waals surface area contributed by atoms with Crippen molar-refractivity contribution in [3.05, 3.63) is 64.5 Å². The van der Waals surface area contributed by atoms with Crippen molar-refractivity contribution < 1.29 is 17.6 Å². The van der Waals surface area contributed by atoms with Crippen LogP contribution in [0.1, 0.15) is 28.2 Å². The number of pyridine rings is 1. The van der Waals surface area contributed by atoms with Crippen molar-refractivity contribution >= 4 is 27.3 Å². The molecule has 0 spiro atoms. The Bertz CT molecular complexity index is 1160. The summed E-state index contributed by atoms with van der Waals surface area (Å²) < 4.78 is 40.9. The SMILES string of the molecule is O=C(NCc1nc(-c2ccncc2)cs1)c1ccc(F)c(S(=O)(=O)N2CCCC2)c1. The summed E-state index contributed by atoms with van der Waals surface area (Å²) in [4.78, 5) is 20.5. The molecule has 156 valence electrons. The monoisotopic (exact) mass is 446 g/mol. The van der Waals surface area contributed by atoms with E-state index in [4.69, 9.17) is 0 Å². The first-order chi connectivity index (χ1) is 14.4. The Morgan fingerprint density at radius 1 is 1.17 bits per heavy atom. The van der Waals surface area contributed by atoms with Crippen LogP contribution in [0, 0.1) is 5.82 Å². The van der Waals surface area contributed by atoms with E-state index in [9.17, 15) is 17.6 Å². The molecule has 1 N–H and O–H groups in total. The lowest BCUT2D eigenvalue weighted by molar-refractivity contribution is 0.0950. The smallest absolute Gasteiger partial charge is 0.251 e. The Balaban J connectivity index is 1.47. The highest BCUT2D eigenvalue weighted by atomic mass is 32.2. The van der Waals surface area contributed by atoms with Gasteiger partial charge in [0.15, 0.2) is 0 Å². The number of benzene rings is 1. The summed E-state index contributed by atoms with van der Waals surface area (Å²) in [5, 5.41) is 5.29. The van der Waals surface area contributed by atoms with Crippen LogP contribution in [0.25, 0.3) is 11.3 Å². The summed E-state index contributed by atoms with van der Waals surface area (Å²) >= 11 is 1.40. The number of hydrogen-bond acceptors (Lipinski definition) is 6. The van der Waals surface area contributed by atoms with E-state index in [0.717, 1.165) is 36.2 Å². The van der Waals surface area contributed by atoms with Crippen molar-refractivity contribution in [2.45, 2.75) is 24.3 Å². The van der Waals surface area contributed by atoms with E-state index in [1.807, 2.05) is 17.5 Å². The molecule has 3 heterocycles. The van der Waals surface area contributed by atoms with Crippen molar-refractivity contribution in [3.63, 3.8) is 0 Å². The second-order valence-electron chi connectivity index (χ2n) is 6.80. The minimum absolute atomic E-state index is 0.0834. The molecule has 3 aromatic rings. The molecule has 1 amide bonds. The average molecular weight is 447 g/mol. The predicted molar refractivity (Wildman–Crippen MR) is 111 cm³/mol. The fraction of sp³-hybridized carbons (Fsp3) is 0.250. The fourth-order valence-electron chi connectivity index (χ4n) is 3.22. The van der Waals surface area contributed by atoms with Crippen LogP contribution in [0.4, 0.5) is 4.39 Å². The lowest BCUT2D eigenvalue weighted by Crippen LogP contribution is -2.29. The van der Waals surface area contributed by atoms with Gasteiger partial charge in [-0.1, -0.05) is 0 Å². The van der Waals surface area contributed by atoms with E-state index in [1.165, 1.54) is 21.7 Å². The summed E-state index contributed by atoms with van der Waals surface area (Å²) in [7, 11) is -3.96. The van der Waals surface area contributed by atoms with Crippen molar-refractivity contribution in [3.8, 4) is 11.3 Å². The standard InChI is InChI=1S/C20H19FN4O3S2/c21-16-4-3-15(11-18(16)30(27,28)25-9-1-2-10-25)20(26)23-12-19-24-17(13-29-19)14-5-7-22-8-6-14/h3-8,11,13H,1-2,9-10,12H2,(H,23,26). The van der Waals surface area contributed by atoms with Crippen LogP contribution < -0.4 is 5.32 Å². The Morgan fingerprint density at radius 2 is 1.90 bits per heavy atom. The number of sulfonamides is 1. The van der Waals surface area contributed by atoms with Gasteiger partial charge >= 0.3 is 0 Å². The third-order valence-corrected chi connectivity index (χ3v) is 7.57. The highest BCUT2D eigenvalue weighted by Crippen LogP contribution is 2.25. The van der Waals surface area contributed by atoms with E-state index in [2.05, 4.69) is 15.3 Å². The molecule has 1 fully saturated rings. The summed E-state index contributed by atoms with van der Waals surface area (Å²) in [5.74, 6) is -1.35. The molecule has 0 saturated carbocycles. The molecule has 30 heavy (non-hydrogen) atoms. The molecule has 0 radical (unpaired) electrons. The molecule has 0 unspecified atom stereocenters. The number of rotatable bonds is 6. The van der Waals surface area contributed by atoms with Crippen molar-refractivity contribution in [1.82, 2.24) is 19.6 Å². The first kappa shape index (κ1) is 20.6. The Kier molecular flexibility index (Phi) is 5.89. The first-order valence-electron chi connectivity index (χ1n) is 9.38. The minimum atomic E-state index is -3.96. The van der Waals surface area contributed by atoms with Gasteiger partial charge in [-0.2, -0.15) is 4.31 Å². The molecule has 7 nitrogen and oxygen atoms in total. The van der Waals surface area contributed by atoms with Gasteiger partial charge in [-0.15, -0.1) is 11.3 Å². The second kappa shape index (κ2) is 8.58. The Labute approximate surface area is 177 Å². The summed E-state index contributed by atoms with van der Waals surface area (Å²) in [6.45, 7) is 0.907. The van der Waals surface area contributed by atoms with Crippen molar-refractivity contribution in [1.29, 1.82) is 0 Å². The van der Waals surface area contributed by atoms with Crippen molar-refractivity contribution in [2.24, 2.45) is 0 Å². The number of carbonyl (C=O) groups is 1. The molecule has 0 atom stereocenters. The maximum absolute atomic E-state index is 14.2. The van der Waals surface area contributed by atoms with Crippen LogP contribution in [-0.2, 0) is 16.6 Å². The second-order valence-corrected chi connectivity index (χ2v) is 9.65. The normalized spacial score (nSPS) is 14.7. The van der Waals surface area contributed by atoms with E-state index < -0.39 is 26.6 Å². The third-order valence-electron chi connectivity index (χ3n) is 4.80. The summed E-state index contributed by atoms with van der Waals surface area (Å²) in [5.41, 5.74) is 1.79. The summed E-state index contributed by atoms with van der Waals surface area (Å²) in [6, 6.07) is 7.08. The molecule has 2 aromatic heterocycles. The minimum Gasteiger partial charge on any atom is -0.346 e. The zero-order valence-electron chi connectivity index (χ0n) is 15.9. The van der Waals surface area contributed by atoms with Crippen LogP contribution in [-0.4, -0.2) is 41.7 Å². The van der Waals surface area contributed by atoms with E-state index >= 15 is 0 Å². The summed E-state index contributed by atoms with van der Waals surface area (Å²) in [6.07, 6.45) is 4.85. The van der Waals surface area contributed by atoms with Crippen LogP contribution in [0.3, 0.4) is 0 Å². The maximum atomic E-state index is 14.2. The van der Waals surface area contributed by atoms with Crippen LogP contribution in [0.5, 0.6) is 0 Å². The molecule has 1 aromatic carbocycles. The van der Waals surface area contributed by atoms with Gasteiger partial charge in [0, 0.05) is 42.0 Å². The molecular formula is C20H19FN4O3S2. The number of amides is 1. The predicted octanol–water partition coefficient (Wildman–Crippen LogP) is 3.06. The number of carbonyl (C=O) groups excluding carboxylic acids is 1. The lowest BCUT2D eigenvalue weighted by Gasteiger charge is -2.16. The number of nitrogens with one attached hydrogen (secondary N) is 1. The molecule has 1 aliphatic heterocycles. The third kappa shape index (κ3) is 4.25. The van der Waals surface area contributed by atoms with Gasteiger partial charge < -0.3 is 5.32 Å². The van der Waals surface area contributed by atoms with Crippen LogP contribution in [0.15, 0.2) is 53.0 Å². The highest BCUT2D eigenvalue weighted by Gasteiger charge is 2.30. The average Bonchev–Trinajstić information content (AvgIpc) is 3.45. The van der Waals surface area contributed by atoms with Gasteiger partial charge in [-0.25, -0.2) is 17.8 Å². The van der Waals surface area contributed by atoms with Gasteiger partial charge in [0.1, 0.15) is 15.7 Å². The highest BCUT2D eigenvalue weighted by molar-refractivity contribution is 7.89. The van der Waals surface area contributed by atoms with Crippen LogP contribution in [0.2, 0.25) is 0 Å². The number of nitrogens with zero attached hydrogens (tertiary/aromatic N) is 3. The maximum Gasteiger partial charge on any atom is 0.251 e. The Morgan fingerprint density at radius 3 is 2.63 bits per heavy atom. The first-order valence-corrected chi connectivity index (χ1v) is 11.7. The van der Waals surface area contributed by atoms with E-state index in [-0.39, 0.29) is 12.1 Å². The van der Waals surface area contributed by atoms with Crippen LogP contribution >= 0.6 is 11.3 Å². The van der Waals surface area contributed by atoms with E-state index in [1.54, 1.807) is 12.4 Å². The number of hydrogen-bond donors (Lipinski definition) is 1. The molecule has 0 bridgehead atoms. The van der Waals surface area contributed by atoms with Gasteiger partial charge in [-0.05, 0) is 43.2 Å². The number of thiazole rings is 1. The van der Waals surface area contributed by atoms with Gasteiger partial charge in [-0.3, -0.25) is 9.78 Å². The largest absolute Gasteiger partial charge is 0.346 e. The number of halogens is 1. The van der Waals surface area contributed by atoms with Gasteiger partial charge in [0.2, 0.25) is 10.0 Å². The molecule has 1 saturated heterocycles.